The molecule has 0 spiro atoms. The molecule has 0 amide bonds. The fraction of sp³-hybridized carbons (Fsp3) is 1.00. The van der Waals surface area contributed by atoms with Crippen LogP contribution in [0.1, 0.15) is 169 Å². The van der Waals surface area contributed by atoms with E-state index >= 15 is 0 Å². The number of hydrogen-bond acceptors (Lipinski definition) is 2. The Labute approximate surface area is 205 Å². The Hall–Kier alpha value is -0.0800. The van der Waals surface area contributed by atoms with Crippen LogP contribution in [0, 0.1) is 0 Å². The molecule has 0 aliphatic heterocycles. The highest BCUT2D eigenvalue weighted by atomic mass is 15.6. The molecule has 0 saturated heterocycles. The van der Waals surface area contributed by atoms with E-state index < -0.39 is 0 Å². The van der Waals surface area contributed by atoms with Crippen molar-refractivity contribution in [1.29, 1.82) is 0 Å². The number of unbranched alkanes of at least 4 members (excludes halogenated alkanes) is 18. The van der Waals surface area contributed by atoms with Crippen molar-refractivity contribution in [1.82, 2.24) is 10.0 Å². The third kappa shape index (κ3) is 21.7. The van der Waals surface area contributed by atoms with Crippen molar-refractivity contribution in [2.45, 2.75) is 169 Å². The minimum absolute atomic E-state index is 1.29. The highest BCUT2D eigenvalue weighted by Gasteiger charge is 2.14. The summed E-state index contributed by atoms with van der Waals surface area (Å²) in [6.45, 7) is 14.5. The first kappa shape index (κ1) is 31.9. The molecule has 0 bridgehead atoms. The number of hydrogen-bond donors (Lipinski definition) is 0. The van der Waals surface area contributed by atoms with Gasteiger partial charge in [-0.15, -0.1) is 0 Å². The molecule has 0 unspecified atom stereocenters. The lowest BCUT2D eigenvalue weighted by molar-refractivity contribution is -0.0308. The second kappa shape index (κ2) is 27.2. The van der Waals surface area contributed by atoms with E-state index in [1.54, 1.807) is 0 Å². The van der Waals surface area contributed by atoms with Gasteiger partial charge in [-0.05, 0) is 25.7 Å². The van der Waals surface area contributed by atoms with Crippen molar-refractivity contribution in [3.8, 4) is 0 Å². The van der Waals surface area contributed by atoms with Gasteiger partial charge in [-0.2, -0.15) is 0 Å². The van der Waals surface area contributed by atoms with Crippen LogP contribution >= 0.6 is 0 Å². The van der Waals surface area contributed by atoms with Crippen LogP contribution in [0.2, 0.25) is 0 Å². The number of hydrazine groups is 1. The molecule has 0 fully saturated rings. The van der Waals surface area contributed by atoms with E-state index in [4.69, 9.17) is 0 Å². The van der Waals surface area contributed by atoms with Crippen LogP contribution in [0.4, 0.5) is 0 Å². The van der Waals surface area contributed by atoms with E-state index in [0.717, 1.165) is 0 Å². The smallest absolute Gasteiger partial charge is 0.0133 e. The summed E-state index contributed by atoms with van der Waals surface area (Å²) in [6.07, 6.45) is 30.9. The Morgan fingerprint density at radius 1 is 0.250 bits per heavy atom. The van der Waals surface area contributed by atoms with Gasteiger partial charge in [-0.1, -0.05) is 143 Å². The molecule has 0 aromatic carbocycles. The lowest BCUT2D eigenvalue weighted by atomic mass is 10.1. The molecule has 2 heteroatoms. The van der Waals surface area contributed by atoms with Gasteiger partial charge in [0, 0.05) is 26.2 Å². The molecule has 0 aromatic rings. The van der Waals surface area contributed by atoms with Gasteiger partial charge in [0.1, 0.15) is 0 Å². The summed E-state index contributed by atoms with van der Waals surface area (Å²) in [7, 11) is 0. The lowest BCUT2D eigenvalue weighted by Gasteiger charge is -2.36. The maximum Gasteiger partial charge on any atom is 0.0133 e. The molecule has 0 atom stereocenters. The Morgan fingerprint density at radius 3 is 0.656 bits per heavy atom. The van der Waals surface area contributed by atoms with Crippen LogP contribution in [-0.4, -0.2) is 36.2 Å². The average molecular weight is 453 g/mol. The Morgan fingerprint density at radius 2 is 0.438 bits per heavy atom. The number of nitrogens with zero attached hydrogens (tertiary/aromatic N) is 2. The van der Waals surface area contributed by atoms with Crippen molar-refractivity contribution in [2.75, 3.05) is 26.2 Å². The first-order valence-corrected chi connectivity index (χ1v) is 15.3. The fourth-order valence-electron chi connectivity index (χ4n) is 4.73. The van der Waals surface area contributed by atoms with Gasteiger partial charge in [0.25, 0.3) is 0 Å². The average Bonchev–Trinajstić information content (AvgIpc) is 2.80. The van der Waals surface area contributed by atoms with Crippen LogP contribution in [-0.2, 0) is 0 Å². The van der Waals surface area contributed by atoms with E-state index in [9.17, 15) is 0 Å². The van der Waals surface area contributed by atoms with Gasteiger partial charge in [0.15, 0.2) is 0 Å². The molecule has 0 radical (unpaired) electrons. The molecule has 194 valence electrons. The molecule has 2 nitrogen and oxygen atoms in total. The van der Waals surface area contributed by atoms with Crippen molar-refractivity contribution in [3.05, 3.63) is 0 Å². The quantitative estimate of drug-likeness (QED) is 0.0903. The summed E-state index contributed by atoms with van der Waals surface area (Å²) in [5.41, 5.74) is 0. The van der Waals surface area contributed by atoms with Gasteiger partial charge < -0.3 is 0 Å². The highest BCUT2D eigenvalue weighted by Crippen LogP contribution is 2.14. The molecule has 32 heavy (non-hydrogen) atoms. The molecule has 0 heterocycles. The second-order valence-corrected chi connectivity index (χ2v) is 10.3. The van der Waals surface area contributed by atoms with Crippen molar-refractivity contribution in [2.24, 2.45) is 0 Å². The number of rotatable bonds is 27. The van der Waals surface area contributed by atoms with Crippen molar-refractivity contribution in [3.63, 3.8) is 0 Å². The molecule has 0 aromatic heterocycles. The first-order valence-electron chi connectivity index (χ1n) is 15.3. The Kier molecular flexibility index (Phi) is 27.1. The predicted octanol–water partition coefficient (Wildman–Crippen LogP) is 10.2. The van der Waals surface area contributed by atoms with E-state index in [1.165, 1.54) is 167 Å². The maximum atomic E-state index is 2.80. The molecule has 0 saturated carbocycles. The summed E-state index contributed by atoms with van der Waals surface area (Å²) in [5, 5.41) is 5.61. The summed E-state index contributed by atoms with van der Waals surface area (Å²) in [5.74, 6) is 0. The van der Waals surface area contributed by atoms with Crippen molar-refractivity contribution >= 4 is 0 Å². The lowest BCUT2D eigenvalue weighted by Crippen LogP contribution is -2.45. The molecule has 0 rings (SSSR count). The van der Waals surface area contributed by atoms with Crippen molar-refractivity contribution < 1.29 is 0 Å². The molecule has 0 N–H and O–H groups in total. The van der Waals surface area contributed by atoms with E-state index in [-0.39, 0.29) is 0 Å². The third-order valence-electron chi connectivity index (χ3n) is 6.98. The zero-order valence-electron chi connectivity index (χ0n) is 23.3. The SMILES string of the molecule is CCCCCCCCN(CCCCCCCC)N(CCCCCCC)CCCCCCC. The van der Waals surface area contributed by atoms with Crippen LogP contribution < -0.4 is 0 Å². The summed E-state index contributed by atoms with van der Waals surface area (Å²) >= 11 is 0. The molecule has 0 aliphatic rings. The van der Waals surface area contributed by atoms with Gasteiger partial charge in [0.2, 0.25) is 0 Å². The zero-order chi connectivity index (χ0) is 23.5. The van der Waals surface area contributed by atoms with Gasteiger partial charge in [-0.3, -0.25) is 0 Å². The van der Waals surface area contributed by atoms with Gasteiger partial charge in [-0.25, -0.2) is 10.0 Å². The normalized spacial score (nSPS) is 11.8. The molecule has 0 aliphatic carbocycles. The highest BCUT2D eigenvalue weighted by molar-refractivity contribution is 4.62. The van der Waals surface area contributed by atoms with Crippen LogP contribution in [0.25, 0.3) is 0 Å². The topological polar surface area (TPSA) is 6.48 Å². The molecular formula is C30H64N2. The van der Waals surface area contributed by atoms with Crippen LogP contribution in [0.3, 0.4) is 0 Å². The molecular weight excluding hydrogens is 388 g/mol. The van der Waals surface area contributed by atoms with Gasteiger partial charge in [0.05, 0.1) is 0 Å². The monoisotopic (exact) mass is 453 g/mol. The Balaban J connectivity index is 4.62. The Bertz CT molecular complexity index is 301. The largest absolute Gasteiger partial charge is 0.242 e. The zero-order valence-corrected chi connectivity index (χ0v) is 23.3. The van der Waals surface area contributed by atoms with Crippen LogP contribution in [0.15, 0.2) is 0 Å². The van der Waals surface area contributed by atoms with E-state index in [1.807, 2.05) is 0 Å². The minimum atomic E-state index is 1.29. The van der Waals surface area contributed by atoms with Crippen LogP contribution in [0.5, 0.6) is 0 Å². The maximum absolute atomic E-state index is 2.80. The van der Waals surface area contributed by atoms with E-state index in [2.05, 4.69) is 37.7 Å². The second-order valence-electron chi connectivity index (χ2n) is 10.3. The standard InChI is InChI=1S/C30H64N2/c1-5-9-13-17-21-25-29-32(30-26-22-18-14-10-6-2)31(27-23-19-15-11-7-3)28-24-20-16-12-8-4/h5-30H2,1-4H3. The first-order chi connectivity index (χ1) is 15.8. The summed E-state index contributed by atoms with van der Waals surface area (Å²) in [6, 6.07) is 0. The predicted molar refractivity (Wildman–Crippen MR) is 147 cm³/mol. The van der Waals surface area contributed by atoms with E-state index in [0.29, 0.717) is 0 Å². The summed E-state index contributed by atoms with van der Waals surface area (Å²) < 4.78 is 0. The summed E-state index contributed by atoms with van der Waals surface area (Å²) in [4.78, 5) is 0. The fourth-order valence-corrected chi connectivity index (χ4v) is 4.73. The van der Waals surface area contributed by atoms with Gasteiger partial charge >= 0.3 is 0 Å². The third-order valence-corrected chi connectivity index (χ3v) is 6.98. The minimum Gasteiger partial charge on any atom is -0.242 e.